The first kappa shape index (κ1) is 22.2. The number of halogens is 1. The topological polar surface area (TPSA) is 79.2 Å². The van der Waals surface area contributed by atoms with Crippen molar-refractivity contribution in [1.82, 2.24) is 9.78 Å². The van der Waals surface area contributed by atoms with Crippen LogP contribution < -0.4 is 10.6 Å². The molecule has 0 radical (unpaired) electrons. The smallest absolute Gasteiger partial charge is 0.324 e. The summed E-state index contributed by atoms with van der Waals surface area (Å²) in [7, 11) is 0. The highest BCUT2D eigenvalue weighted by Gasteiger charge is 2.16. The number of para-hydroxylation sites is 1. The number of fused-ring (bicyclic) bond motifs is 1. The standard InChI is InChI=1S/C26H25FN4O2/c1-3-8-17(2)24-15-25(29-26(33)28-23-12-7-6-11-22(23)27)31(30-24)20-13-18-9-4-5-10-21(18)19(14-20)16-32/h4-7,9-15,32H,2-3,8,16H2,1H3,(H2,28,29,33). The van der Waals surface area contributed by atoms with Crippen molar-refractivity contribution in [3.05, 3.63) is 90.4 Å². The van der Waals surface area contributed by atoms with E-state index < -0.39 is 11.8 Å². The first-order chi connectivity index (χ1) is 16.0. The van der Waals surface area contributed by atoms with Crippen molar-refractivity contribution < 1.29 is 14.3 Å². The van der Waals surface area contributed by atoms with E-state index in [0.29, 0.717) is 17.2 Å². The van der Waals surface area contributed by atoms with Crippen molar-refractivity contribution in [3.63, 3.8) is 0 Å². The fraction of sp³-hybridized carbons (Fsp3) is 0.154. The Morgan fingerprint density at radius 3 is 2.61 bits per heavy atom. The first-order valence-electron chi connectivity index (χ1n) is 10.7. The summed E-state index contributed by atoms with van der Waals surface area (Å²) >= 11 is 0. The van der Waals surface area contributed by atoms with Gasteiger partial charge in [0.2, 0.25) is 0 Å². The van der Waals surface area contributed by atoms with Gasteiger partial charge in [-0.2, -0.15) is 5.10 Å². The number of benzene rings is 3. The fourth-order valence-electron chi connectivity index (χ4n) is 3.73. The summed E-state index contributed by atoms with van der Waals surface area (Å²) in [6, 6.07) is 18.6. The number of aliphatic hydroxyl groups excluding tert-OH is 1. The van der Waals surface area contributed by atoms with Gasteiger partial charge < -0.3 is 10.4 Å². The van der Waals surface area contributed by atoms with E-state index in [4.69, 9.17) is 0 Å². The number of carbonyl (C=O) groups excluding carboxylic acids is 1. The van der Waals surface area contributed by atoms with Crippen molar-refractivity contribution in [3.8, 4) is 5.69 Å². The number of urea groups is 1. The molecule has 0 spiro atoms. The molecule has 0 unspecified atom stereocenters. The lowest BCUT2D eigenvalue weighted by Gasteiger charge is -2.13. The molecule has 1 heterocycles. The van der Waals surface area contributed by atoms with Crippen LogP contribution in [0.15, 0.2) is 73.3 Å². The van der Waals surface area contributed by atoms with Gasteiger partial charge in [-0.15, -0.1) is 0 Å². The molecule has 0 atom stereocenters. The molecule has 0 bridgehead atoms. The van der Waals surface area contributed by atoms with E-state index in [9.17, 15) is 14.3 Å². The number of aliphatic hydroxyl groups is 1. The lowest BCUT2D eigenvalue weighted by atomic mass is 10.0. The van der Waals surface area contributed by atoms with Gasteiger partial charge in [-0.25, -0.2) is 13.9 Å². The molecule has 6 nitrogen and oxygen atoms in total. The third-order valence-corrected chi connectivity index (χ3v) is 5.33. The SMILES string of the molecule is C=C(CCC)c1cc(NC(=O)Nc2ccccc2F)n(-c2cc(CO)c3ccccc3c2)n1. The van der Waals surface area contributed by atoms with Gasteiger partial charge in [0.25, 0.3) is 0 Å². The third kappa shape index (κ3) is 4.78. The van der Waals surface area contributed by atoms with Crippen LogP contribution in [0, 0.1) is 5.82 Å². The minimum Gasteiger partial charge on any atom is -0.392 e. The van der Waals surface area contributed by atoms with Crippen LogP contribution in [-0.4, -0.2) is 20.9 Å². The van der Waals surface area contributed by atoms with E-state index >= 15 is 0 Å². The quantitative estimate of drug-likeness (QED) is 0.322. The molecule has 168 valence electrons. The summed E-state index contributed by atoms with van der Waals surface area (Å²) in [6.45, 7) is 6.03. The molecule has 33 heavy (non-hydrogen) atoms. The zero-order valence-electron chi connectivity index (χ0n) is 18.3. The molecule has 7 heteroatoms. The number of anilines is 2. The van der Waals surface area contributed by atoms with E-state index in [1.165, 1.54) is 12.1 Å². The Morgan fingerprint density at radius 1 is 1.09 bits per heavy atom. The van der Waals surface area contributed by atoms with Gasteiger partial charge in [0.1, 0.15) is 11.6 Å². The van der Waals surface area contributed by atoms with Crippen LogP contribution in [0.2, 0.25) is 0 Å². The molecule has 3 aromatic carbocycles. The maximum atomic E-state index is 14.0. The maximum Gasteiger partial charge on any atom is 0.324 e. The molecule has 4 aromatic rings. The number of hydrogen-bond acceptors (Lipinski definition) is 3. The summed E-state index contributed by atoms with van der Waals surface area (Å²) in [4.78, 5) is 12.7. The normalized spacial score (nSPS) is 10.9. The highest BCUT2D eigenvalue weighted by Crippen LogP contribution is 2.28. The highest BCUT2D eigenvalue weighted by molar-refractivity contribution is 5.99. The second-order valence-corrected chi connectivity index (χ2v) is 7.72. The molecule has 0 aliphatic carbocycles. The number of hydrogen-bond donors (Lipinski definition) is 3. The second kappa shape index (κ2) is 9.67. The number of aromatic nitrogens is 2. The molecule has 0 saturated heterocycles. The summed E-state index contributed by atoms with van der Waals surface area (Å²) in [6.07, 6.45) is 1.67. The van der Waals surface area contributed by atoms with Gasteiger partial charge in [0.05, 0.1) is 23.7 Å². The van der Waals surface area contributed by atoms with E-state index in [0.717, 1.165) is 34.8 Å². The highest BCUT2D eigenvalue weighted by atomic mass is 19.1. The Hall–Kier alpha value is -3.97. The molecule has 3 N–H and O–H groups in total. The predicted octanol–water partition coefficient (Wildman–Crippen LogP) is 6.11. The molecule has 4 rings (SSSR count). The van der Waals surface area contributed by atoms with E-state index in [1.807, 2.05) is 36.4 Å². The van der Waals surface area contributed by atoms with Crippen molar-refractivity contribution in [2.24, 2.45) is 0 Å². The molecular formula is C26H25FN4O2. The Balaban J connectivity index is 1.74. The lowest BCUT2D eigenvalue weighted by molar-refractivity contribution is 0.262. The van der Waals surface area contributed by atoms with Crippen LogP contribution in [0.5, 0.6) is 0 Å². The van der Waals surface area contributed by atoms with Crippen LogP contribution in [-0.2, 0) is 6.61 Å². The molecule has 2 amide bonds. The summed E-state index contributed by atoms with van der Waals surface area (Å²) in [5, 5.41) is 21.8. The van der Waals surface area contributed by atoms with Gasteiger partial charge in [0.15, 0.2) is 0 Å². The van der Waals surface area contributed by atoms with Gasteiger partial charge in [-0.1, -0.05) is 56.3 Å². The van der Waals surface area contributed by atoms with Crippen LogP contribution in [0.3, 0.4) is 0 Å². The fourth-order valence-corrected chi connectivity index (χ4v) is 3.73. The largest absolute Gasteiger partial charge is 0.392 e. The zero-order chi connectivity index (χ0) is 23.4. The zero-order valence-corrected chi connectivity index (χ0v) is 18.3. The Bertz CT molecular complexity index is 1330. The Labute approximate surface area is 191 Å². The first-order valence-corrected chi connectivity index (χ1v) is 10.7. The summed E-state index contributed by atoms with van der Waals surface area (Å²) < 4.78 is 15.6. The number of carbonyl (C=O) groups is 1. The number of nitrogens with zero attached hydrogens (tertiary/aromatic N) is 2. The van der Waals surface area contributed by atoms with Crippen molar-refractivity contribution in [2.75, 3.05) is 10.6 Å². The van der Waals surface area contributed by atoms with Crippen molar-refractivity contribution >= 4 is 33.9 Å². The molecule has 0 aliphatic rings. The molecule has 1 aromatic heterocycles. The number of amides is 2. The van der Waals surface area contributed by atoms with Crippen LogP contribution in [0.4, 0.5) is 20.7 Å². The van der Waals surface area contributed by atoms with Crippen LogP contribution in [0.25, 0.3) is 22.0 Å². The number of rotatable bonds is 7. The molecular weight excluding hydrogens is 419 g/mol. The third-order valence-electron chi connectivity index (χ3n) is 5.33. The van der Waals surface area contributed by atoms with E-state index in [1.54, 1.807) is 22.9 Å². The average Bonchev–Trinajstić information content (AvgIpc) is 3.23. The predicted molar refractivity (Wildman–Crippen MR) is 130 cm³/mol. The maximum absolute atomic E-state index is 14.0. The number of nitrogens with one attached hydrogen (secondary N) is 2. The monoisotopic (exact) mass is 444 g/mol. The summed E-state index contributed by atoms with van der Waals surface area (Å²) in [5.41, 5.74) is 2.99. The van der Waals surface area contributed by atoms with Gasteiger partial charge in [0, 0.05) is 6.07 Å². The molecule has 0 saturated carbocycles. The minimum atomic E-state index is -0.600. The van der Waals surface area contributed by atoms with E-state index in [-0.39, 0.29) is 12.3 Å². The van der Waals surface area contributed by atoms with Crippen LogP contribution >= 0.6 is 0 Å². The lowest BCUT2D eigenvalue weighted by Crippen LogP contribution is -2.22. The average molecular weight is 445 g/mol. The second-order valence-electron chi connectivity index (χ2n) is 7.72. The Kier molecular flexibility index (Phi) is 6.51. The van der Waals surface area contributed by atoms with Crippen LogP contribution in [0.1, 0.15) is 31.0 Å². The van der Waals surface area contributed by atoms with Gasteiger partial charge >= 0.3 is 6.03 Å². The van der Waals surface area contributed by atoms with Gasteiger partial charge in [-0.3, -0.25) is 5.32 Å². The number of allylic oxidation sites excluding steroid dienone is 1. The van der Waals surface area contributed by atoms with Gasteiger partial charge in [-0.05, 0) is 52.6 Å². The molecule has 0 fully saturated rings. The van der Waals surface area contributed by atoms with Crippen molar-refractivity contribution in [2.45, 2.75) is 26.4 Å². The summed E-state index contributed by atoms with van der Waals surface area (Å²) in [5.74, 6) is -0.129. The van der Waals surface area contributed by atoms with E-state index in [2.05, 4.69) is 29.2 Å². The van der Waals surface area contributed by atoms with Crippen molar-refractivity contribution in [1.29, 1.82) is 0 Å². The molecule has 0 aliphatic heterocycles. The minimum absolute atomic E-state index is 0.0740. The Morgan fingerprint density at radius 2 is 1.85 bits per heavy atom.